The van der Waals surface area contributed by atoms with Crippen molar-refractivity contribution < 1.29 is 19.4 Å². The van der Waals surface area contributed by atoms with Gasteiger partial charge in [-0.3, -0.25) is 0 Å². The number of aliphatic hydroxyl groups excluding tert-OH is 1. The average molecular weight is 469 g/mol. The van der Waals surface area contributed by atoms with Crippen LogP contribution in [0.1, 0.15) is 98.8 Å². The SMILES string of the molecule is CC1=CC2(CC(C3CCC4(C)C5CCC6C(C)(C)C(O)CCC67CC57CCC34C)CO2)OC1=O. The van der Waals surface area contributed by atoms with Crippen LogP contribution in [-0.4, -0.2) is 29.6 Å². The minimum Gasteiger partial charge on any atom is -0.426 e. The van der Waals surface area contributed by atoms with Crippen molar-refractivity contribution in [3.8, 4) is 0 Å². The number of fused-ring (bicyclic) bond motifs is 2. The number of ether oxygens (including phenoxy) is 2. The van der Waals surface area contributed by atoms with Crippen LogP contribution in [0.2, 0.25) is 0 Å². The third kappa shape index (κ3) is 2.33. The van der Waals surface area contributed by atoms with E-state index in [1.54, 1.807) is 0 Å². The molecule has 0 aromatic rings. The fraction of sp³-hybridized carbons (Fsp3) is 0.900. The predicted molar refractivity (Wildman–Crippen MR) is 130 cm³/mol. The van der Waals surface area contributed by atoms with Gasteiger partial charge in [-0.05, 0) is 122 Å². The highest BCUT2D eigenvalue weighted by molar-refractivity contribution is 5.90. The molecular formula is C30H44O4. The van der Waals surface area contributed by atoms with E-state index in [4.69, 9.17) is 9.47 Å². The van der Waals surface area contributed by atoms with Crippen molar-refractivity contribution in [1.29, 1.82) is 0 Å². The summed E-state index contributed by atoms with van der Waals surface area (Å²) in [4.78, 5) is 12.1. The largest absolute Gasteiger partial charge is 0.426 e. The maximum atomic E-state index is 12.1. The second-order valence-corrected chi connectivity index (χ2v) is 14.8. The smallest absolute Gasteiger partial charge is 0.336 e. The predicted octanol–water partition coefficient (Wildman–Crippen LogP) is 6.02. The van der Waals surface area contributed by atoms with Gasteiger partial charge in [-0.2, -0.15) is 0 Å². The van der Waals surface area contributed by atoms with Crippen LogP contribution in [0.15, 0.2) is 11.6 Å². The van der Waals surface area contributed by atoms with Gasteiger partial charge in [-0.1, -0.05) is 27.7 Å². The first-order chi connectivity index (χ1) is 15.9. The van der Waals surface area contributed by atoms with Gasteiger partial charge in [0.25, 0.3) is 0 Å². The maximum Gasteiger partial charge on any atom is 0.336 e. The molecule has 2 heterocycles. The summed E-state index contributed by atoms with van der Waals surface area (Å²) in [7, 11) is 0. The average Bonchev–Trinajstić information content (AvgIpc) is 2.94. The number of aliphatic hydroxyl groups is 1. The van der Waals surface area contributed by atoms with Crippen LogP contribution in [0.25, 0.3) is 0 Å². The zero-order chi connectivity index (χ0) is 23.9. The van der Waals surface area contributed by atoms with Crippen molar-refractivity contribution in [3.05, 3.63) is 11.6 Å². The van der Waals surface area contributed by atoms with Gasteiger partial charge in [0.1, 0.15) is 0 Å². The van der Waals surface area contributed by atoms with Crippen molar-refractivity contribution >= 4 is 5.97 Å². The van der Waals surface area contributed by atoms with Crippen LogP contribution in [-0.2, 0) is 14.3 Å². The van der Waals surface area contributed by atoms with E-state index >= 15 is 0 Å². The standard InChI is InChI=1S/C30H44O4/c1-18-14-30(34-24(18)32)15-19(16-33-30)20-8-10-27(5)22-7-6-21-25(2,3)23(31)9-11-28(21)17-29(22,28)13-12-26(20,27)4/h14,19-23,31H,6-13,15-17H2,1-5H3. The van der Waals surface area contributed by atoms with Gasteiger partial charge in [0.2, 0.25) is 5.79 Å². The van der Waals surface area contributed by atoms with E-state index in [2.05, 4.69) is 27.7 Å². The first-order valence-electron chi connectivity index (χ1n) is 14.2. The van der Waals surface area contributed by atoms with Crippen LogP contribution in [0, 0.1) is 50.7 Å². The molecule has 0 bridgehead atoms. The summed E-state index contributed by atoms with van der Waals surface area (Å²) < 4.78 is 11.9. The quantitative estimate of drug-likeness (QED) is 0.478. The zero-order valence-corrected chi connectivity index (χ0v) is 21.9. The van der Waals surface area contributed by atoms with E-state index in [-0.39, 0.29) is 17.5 Å². The number of hydrogen-bond donors (Lipinski definition) is 1. The third-order valence-electron chi connectivity index (χ3n) is 13.8. The van der Waals surface area contributed by atoms with Gasteiger partial charge in [-0.25, -0.2) is 4.79 Å². The van der Waals surface area contributed by atoms with Crippen molar-refractivity contribution in [2.75, 3.05) is 6.61 Å². The topological polar surface area (TPSA) is 55.8 Å². The normalized spacial score (nSPS) is 59.1. The Labute approximate surface area is 205 Å². The minimum absolute atomic E-state index is 0.0620. The molecule has 10 unspecified atom stereocenters. The Hall–Kier alpha value is -0.870. The number of carbonyl (C=O) groups excluding carboxylic acids is 1. The number of hydrogen-bond acceptors (Lipinski definition) is 4. The molecular weight excluding hydrogens is 424 g/mol. The molecule has 1 saturated heterocycles. The minimum atomic E-state index is -0.787. The molecule has 0 radical (unpaired) electrons. The molecule has 3 spiro atoms. The Morgan fingerprint density at radius 2 is 1.65 bits per heavy atom. The summed E-state index contributed by atoms with van der Waals surface area (Å²) >= 11 is 0. The molecule has 34 heavy (non-hydrogen) atoms. The lowest BCUT2D eigenvalue weighted by molar-refractivity contribution is -0.182. The van der Waals surface area contributed by atoms with E-state index in [9.17, 15) is 9.90 Å². The summed E-state index contributed by atoms with van der Waals surface area (Å²) in [6, 6.07) is 0. The number of esters is 1. The van der Waals surface area contributed by atoms with E-state index in [1.165, 1.54) is 51.4 Å². The monoisotopic (exact) mass is 468 g/mol. The highest BCUT2D eigenvalue weighted by Gasteiger charge is 2.82. The molecule has 7 aliphatic rings. The van der Waals surface area contributed by atoms with Crippen molar-refractivity contribution in [2.24, 2.45) is 50.7 Å². The van der Waals surface area contributed by atoms with Crippen LogP contribution < -0.4 is 0 Å². The molecule has 5 aliphatic carbocycles. The molecule has 10 atom stereocenters. The summed E-state index contributed by atoms with van der Waals surface area (Å²) in [5.74, 6) is 1.65. The Kier molecular flexibility index (Phi) is 4.16. The fourth-order valence-electron chi connectivity index (χ4n) is 12.0. The van der Waals surface area contributed by atoms with Gasteiger partial charge in [0.15, 0.2) is 0 Å². The summed E-state index contributed by atoms with van der Waals surface area (Å²) in [5, 5.41) is 10.9. The van der Waals surface area contributed by atoms with E-state index in [1.807, 2.05) is 13.0 Å². The van der Waals surface area contributed by atoms with Gasteiger partial charge < -0.3 is 14.6 Å². The second kappa shape index (κ2) is 6.33. The van der Waals surface area contributed by atoms with Gasteiger partial charge >= 0.3 is 5.97 Å². The van der Waals surface area contributed by atoms with Gasteiger partial charge in [0, 0.05) is 12.0 Å². The van der Waals surface area contributed by atoms with Crippen molar-refractivity contribution in [1.82, 2.24) is 0 Å². The molecule has 1 N–H and O–H groups in total. The van der Waals surface area contributed by atoms with Crippen LogP contribution in [0.3, 0.4) is 0 Å². The highest BCUT2D eigenvalue weighted by atomic mass is 16.7. The molecule has 0 aromatic carbocycles. The molecule has 7 rings (SSSR count). The van der Waals surface area contributed by atoms with Crippen molar-refractivity contribution in [2.45, 2.75) is 111 Å². The number of rotatable bonds is 1. The Morgan fingerprint density at radius 3 is 2.38 bits per heavy atom. The van der Waals surface area contributed by atoms with Crippen molar-refractivity contribution in [3.63, 3.8) is 0 Å². The highest BCUT2D eigenvalue weighted by Crippen LogP contribution is 2.89. The molecule has 188 valence electrons. The molecule has 4 nitrogen and oxygen atoms in total. The van der Waals surface area contributed by atoms with Crippen LogP contribution in [0.5, 0.6) is 0 Å². The molecule has 5 saturated carbocycles. The van der Waals surface area contributed by atoms with Gasteiger partial charge in [-0.15, -0.1) is 0 Å². The summed E-state index contributed by atoms with van der Waals surface area (Å²) in [5.41, 5.74) is 2.51. The first kappa shape index (κ1) is 22.3. The summed E-state index contributed by atoms with van der Waals surface area (Å²) in [6.45, 7) is 12.6. The Balaban J connectivity index is 1.18. The summed E-state index contributed by atoms with van der Waals surface area (Å²) in [6.07, 6.45) is 14.3. The van der Waals surface area contributed by atoms with E-state index in [0.717, 1.165) is 25.4 Å². The Morgan fingerprint density at radius 1 is 0.912 bits per heavy atom. The molecule has 0 aromatic heterocycles. The van der Waals surface area contributed by atoms with Crippen LogP contribution in [0.4, 0.5) is 0 Å². The third-order valence-corrected chi connectivity index (χ3v) is 13.8. The molecule has 6 fully saturated rings. The lowest BCUT2D eigenvalue weighted by atomic mass is 9.41. The van der Waals surface area contributed by atoms with E-state index < -0.39 is 5.79 Å². The second-order valence-electron chi connectivity index (χ2n) is 14.8. The molecule has 0 amide bonds. The lowest BCUT2D eigenvalue weighted by Gasteiger charge is -2.63. The van der Waals surface area contributed by atoms with Gasteiger partial charge in [0.05, 0.1) is 12.7 Å². The fourth-order valence-corrected chi connectivity index (χ4v) is 12.0. The number of carbonyl (C=O) groups is 1. The molecule has 2 aliphatic heterocycles. The maximum absolute atomic E-state index is 12.1. The van der Waals surface area contributed by atoms with Crippen LogP contribution >= 0.6 is 0 Å². The molecule has 4 heteroatoms. The first-order valence-corrected chi connectivity index (χ1v) is 14.2. The Bertz CT molecular complexity index is 984. The zero-order valence-electron chi connectivity index (χ0n) is 21.9. The van der Waals surface area contributed by atoms with E-state index in [0.29, 0.717) is 45.0 Å². The lowest BCUT2D eigenvalue weighted by Crippen LogP contribution is -2.57.